The van der Waals surface area contributed by atoms with E-state index < -0.39 is 0 Å². The Hall–Kier alpha value is -2.50. The molecule has 48 heavy (non-hydrogen) atoms. The molecule has 0 aromatic carbocycles. The van der Waals surface area contributed by atoms with Gasteiger partial charge in [0, 0.05) is 74.0 Å². The van der Waals surface area contributed by atoms with E-state index in [1.807, 2.05) is 0 Å². The van der Waals surface area contributed by atoms with Crippen LogP contribution in [0.2, 0.25) is 0 Å². The Morgan fingerprint density at radius 1 is 0.583 bits per heavy atom. The summed E-state index contributed by atoms with van der Waals surface area (Å²) in [5.41, 5.74) is 0.0567. The number of rotatable bonds is 0. The number of fused-ring (bicyclic) bond motifs is 6. The summed E-state index contributed by atoms with van der Waals surface area (Å²) in [7, 11) is 0. The first-order valence-corrected chi connectivity index (χ1v) is 19.3. The third-order valence-electron chi connectivity index (χ3n) is 14.2. The zero-order chi connectivity index (χ0) is 34.2. The largest absolute Gasteiger partial charge is 0.300 e. The molecular weight excluding hydrogens is 600 g/mol. The minimum absolute atomic E-state index is 0.00694. The summed E-state index contributed by atoms with van der Waals surface area (Å²) in [4.78, 5) is 66.4. The number of carbonyl (C=O) groups excluding carboxylic acids is 6. The Balaban J connectivity index is 0.000000105. The second-order valence-corrected chi connectivity index (χ2v) is 17.8. The molecule has 0 aromatic rings. The molecular formula is C42H58O6. The number of hydrogen-bond acceptors (Lipinski definition) is 6. The van der Waals surface area contributed by atoms with E-state index >= 15 is 0 Å². The van der Waals surface area contributed by atoms with Crippen molar-refractivity contribution in [3.8, 4) is 0 Å². The molecule has 8 saturated carbocycles. The average molecular weight is 659 g/mol. The molecule has 0 saturated heterocycles. The van der Waals surface area contributed by atoms with Gasteiger partial charge in [0.1, 0.15) is 34.7 Å². The van der Waals surface area contributed by atoms with Gasteiger partial charge in [-0.15, -0.1) is 0 Å². The van der Waals surface area contributed by atoms with Crippen LogP contribution < -0.4 is 0 Å². The van der Waals surface area contributed by atoms with Crippen molar-refractivity contribution in [2.24, 2.45) is 64.1 Å². The molecule has 10 aliphatic rings. The molecule has 7 unspecified atom stereocenters. The van der Waals surface area contributed by atoms with E-state index in [0.717, 1.165) is 76.0 Å². The molecule has 0 spiro atoms. The molecule has 2 bridgehead atoms. The second kappa shape index (κ2) is 14.4. The van der Waals surface area contributed by atoms with Gasteiger partial charge in [-0.2, -0.15) is 0 Å². The van der Waals surface area contributed by atoms with E-state index in [2.05, 4.69) is 45.1 Å². The van der Waals surface area contributed by atoms with Gasteiger partial charge in [-0.25, -0.2) is 0 Å². The average Bonchev–Trinajstić information content (AvgIpc) is 3.85. The summed E-state index contributed by atoms with van der Waals surface area (Å²) in [5, 5.41) is 0. The molecule has 6 nitrogen and oxygen atoms in total. The third-order valence-corrected chi connectivity index (χ3v) is 14.2. The lowest BCUT2D eigenvalue weighted by Crippen LogP contribution is -2.35. The highest BCUT2D eigenvalue weighted by Crippen LogP contribution is 2.59. The maximum absolute atomic E-state index is 11.8. The van der Waals surface area contributed by atoms with E-state index in [4.69, 9.17) is 0 Å². The number of ketones is 6. The maximum atomic E-state index is 11.8. The monoisotopic (exact) mass is 658 g/mol. The lowest BCUT2D eigenvalue weighted by Gasteiger charge is -2.31. The quantitative estimate of drug-likeness (QED) is 0.243. The lowest BCUT2D eigenvalue weighted by atomic mass is 9.72. The molecule has 0 aromatic heterocycles. The van der Waals surface area contributed by atoms with E-state index in [1.54, 1.807) is 0 Å². The van der Waals surface area contributed by atoms with Crippen LogP contribution in [-0.4, -0.2) is 34.7 Å². The van der Waals surface area contributed by atoms with Crippen LogP contribution in [0, 0.1) is 64.1 Å². The Kier molecular flexibility index (Phi) is 10.6. The smallest absolute Gasteiger partial charge is 0.144 e. The highest BCUT2D eigenvalue weighted by atomic mass is 16.1. The van der Waals surface area contributed by atoms with E-state index in [-0.39, 0.29) is 10.8 Å². The standard InChI is InChI=1S/C10H16O.C8H10O2.C8H12O.2C8H10O/c1-9(2)7-4-5-10(3,6-7)8(9)11;9-7-1-5-2-8(10)4-6(5)3-7;9-8-4-6-2-1-3-7(6)5-8;2*9-8-5-4-6-2-1-3-7(6)8/h7H,4-6H2,1-3H3;5-6H,1-4H2;6-7H,1-5H2;1,3,6-7H,2,4-5H2;1-2,6-7H,3-5H2/t7?,10-;;;;/m1..../s1. The minimum atomic E-state index is -0.00694. The Morgan fingerprint density at radius 2 is 1.15 bits per heavy atom. The fraction of sp³-hybridized carbons (Fsp3) is 0.762. The van der Waals surface area contributed by atoms with Crippen LogP contribution in [0.15, 0.2) is 24.3 Å². The zero-order valence-corrected chi connectivity index (χ0v) is 29.7. The van der Waals surface area contributed by atoms with Crippen molar-refractivity contribution in [1.29, 1.82) is 0 Å². The summed E-state index contributed by atoms with van der Waals surface area (Å²) in [6.07, 6.45) is 26.8. The highest BCUT2D eigenvalue weighted by molar-refractivity contribution is 5.93. The number of allylic oxidation sites excluding steroid dienone is 4. The lowest BCUT2D eigenvalue weighted by molar-refractivity contribution is -0.134. The van der Waals surface area contributed by atoms with Gasteiger partial charge in [-0.3, -0.25) is 28.8 Å². The SMILES string of the molecule is CC1(C)C(=O)[C@]2(C)CCC1C2.O=C1CC2CC(=O)CC2C1.O=C1CC2CCCC2C1.O=C1CCC2C=CCC12.O=C1CCC2CC=CC12. The maximum Gasteiger partial charge on any atom is 0.144 e. The summed E-state index contributed by atoms with van der Waals surface area (Å²) in [6, 6.07) is 0. The van der Waals surface area contributed by atoms with Gasteiger partial charge in [-0.05, 0) is 99.2 Å². The van der Waals surface area contributed by atoms with Gasteiger partial charge >= 0.3 is 0 Å². The summed E-state index contributed by atoms with van der Waals surface area (Å²) in [5.74, 6) is 7.90. The highest BCUT2D eigenvalue weighted by Gasteiger charge is 2.58. The molecule has 262 valence electrons. The van der Waals surface area contributed by atoms with Gasteiger partial charge in [0.15, 0.2) is 0 Å². The summed E-state index contributed by atoms with van der Waals surface area (Å²) < 4.78 is 0. The van der Waals surface area contributed by atoms with E-state index in [0.29, 0.717) is 102 Å². The van der Waals surface area contributed by atoms with Gasteiger partial charge in [0.2, 0.25) is 0 Å². The van der Waals surface area contributed by atoms with Crippen LogP contribution >= 0.6 is 0 Å². The van der Waals surface area contributed by atoms with Crippen LogP contribution in [0.3, 0.4) is 0 Å². The van der Waals surface area contributed by atoms with Gasteiger partial charge < -0.3 is 0 Å². The van der Waals surface area contributed by atoms with Crippen molar-refractivity contribution in [1.82, 2.24) is 0 Å². The number of Topliss-reactive ketones (excluding diaryl/α,β-unsaturated/α-hetero) is 6. The van der Waals surface area contributed by atoms with Crippen LogP contribution in [-0.2, 0) is 28.8 Å². The number of carbonyl (C=O) groups is 6. The van der Waals surface area contributed by atoms with E-state index in [1.165, 1.54) is 25.7 Å². The Morgan fingerprint density at radius 3 is 1.65 bits per heavy atom. The molecule has 0 N–H and O–H groups in total. The molecule has 8 fully saturated rings. The first-order chi connectivity index (χ1) is 22.8. The third kappa shape index (κ3) is 7.48. The molecule has 0 radical (unpaired) electrons. The molecule has 0 heterocycles. The second-order valence-electron chi connectivity index (χ2n) is 17.8. The molecule has 0 amide bonds. The summed E-state index contributed by atoms with van der Waals surface area (Å²) in [6.45, 7) is 6.37. The number of hydrogen-bond donors (Lipinski definition) is 0. The van der Waals surface area contributed by atoms with Crippen LogP contribution in [0.5, 0.6) is 0 Å². The van der Waals surface area contributed by atoms with Crippen molar-refractivity contribution >= 4 is 34.7 Å². The van der Waals surface area contributed by atoms with Crippen LogP contribution in [0.25, 0.3) is 0 Å². The zero-order valence-electron chi connectivity index (χ0n) is 29.7. The summed E-state index contributed by atoms with van der Waals surface area (Å²) >= 11 is 0. The molecule has 10 rings (SSSR count). The first-order valence-electron chi connectivity index (χ1n) is 19.3. The van der Waals surface area contributed by atoms with Crippen LogP contribution in [0.4, 0.5) is 0 Å². The van der Waals surface area contributed by atoms with Gasteiger partial charge in [0.25, 0.3) is 0 Å². The Labute approximate surface area is 287 Å². The fourth-order valence-corrected chi connectivity index (χ4v) is 11.2. The van der Waals surface area contributed by atoms with Crippen molar-refractivity contribution in [2.75, 3.05) is 0 Å². The Bertz CT molecular complexity index is 1310. The first kappa shape index (κ1) is 35.3. The predicted molar refractivity (Wildman–Crippen MR) is 185 cm³/mol. The van der Waals surface area contributed by atoms with Crippen LogP contribution in [0.1, 0.15) is 136 Å². The van der Waals surface area contributed by atoms with Gasteiger partial charge in [-0.1, -0.05) is 51.5 Å². The molecule has 10 aliphatic carbocycles. The van der Waals surface area contributed by atoms with Crippen molar-refractivity contribution in [3.05, 3.63) is 24.3 Å². The van der Waals surface area contributed by atoms with Gasteiger partial charge in [0.05, 0.1) is 0 Å². The van der Waals surface area contributed by atoms with Crippen molar-refractivity contribution in [2.45, 2.75) is 136 Å². The molecule has 0 aliphatic heterocycles. The van der Waals surface area contributed by atoms with Crippen molar-refractivity contribution in [3.63, 3.8) is 0 Å². The fourth-order valence-electron chi connectivity index (χ4n) is 11.2. The topological polar surface area (TPSA) is 102 Å². The molecule has 8 atom stereocenters. The van der Waals surface area contributed by atoms with E-state index in [9.17, 15) is 28.8 Å². The minimum Gasteiger partial charge on any atom is -0.300 e. The predicted octanol–water partition coefficient (Wildman–Crippen LogP) is 8.20. The molecule has 6 heteroatoms. The van der Waals surface area contributed by atoms with Crippen molar-refractivity contribution < 1.29 is 28.8 Å². The normalized spacial score (nSPS) is 41.5.